The van der Waals surface area contributed by atoms with Gasteiger partial charge in [0.15, 0.2) is 5.82 Å². The Morgan fingerprint density at radius 3 is 2.49 bits per heavy atom. The second-order valence-corrected chi connectivity index (χ2v) is 11.1. The van der Waals surface area contributed by atoms with E-state index < -0.39 is 5.97 Å². The molecule has 3 rings (SSSR count). The Bertz CT molecular complexity index is 1020. The lowest BCUT2D eigenvalue weighted by molar-refractivity contribution is -0.107. The van der Waals surface area contributed by atoms with Crippen LogP contribution in [0, 0.1) is 5.92 Å². The number of aromatic carboxylic acids is 1. The maximum atomic E-state index is 13.3. The van der Waals surface area contributed by atoms with Crippen LogP contribution < -0.4 is 10.9 Å². The Balaban J connectivity index is 1.58. The van der Waals surface area contributed by atoms with Crippen molar-refractivity contribution in [2.75, 3.05) is 18.6 Å². The monoisotopic (exact) mass is 559 g/mol. The molecule has 2 heterocycles. The van der Waals surface area contributed by atoms with Crippen LogP contribution in [0.25, 0.3) is 11.4 Å². The quantitative estimate of drug-likeness (QED) is 0.137. The van der Waals surface area contributed by atoms with Crippen LogP contribution in [-0.4, -0.2) is 50.7 Å². The number of nitrogens with one attached hydrogen (secondary N) is 2. The van der Waals surface area contributed by atoms with Crippen LogP contribution in [0.4, 0.5) is 9.93 Å². The summed E-state index contributed by atoms with van der Waals surface area (Å²) in [5.74, 6) is -0.269. The van der Waals surface area contributed by atoms with Gasteiger partial charge in [0.2, 0.25) is 5.13 Å². The molecule has 2 atom stereocenters. The van der Waals surface area contributed by atoms with E-state index in [1.165, 1.54) is 76.3 Å². The van der Waals surface area contributed by atoms with Crippen LogP contribution >= 0.6 is 11.5 Å². The van der Waals surface area contributed by atoms with Gasteiger partial charge in [0.25, 0.3) is 0 Å². The van der Waals surface area contributed by atoms with Crippen LogP contribution in [-0.2, 0) is 4.74 Å². The Morgan fingerprint density at radius 2 is 1.77 bits per heavy atom. The molecule has 2 amide bonds. The van der Waals surface area contributed by atoms with Gasteiger partial charge in [-0.25, -0.2) is 15.0 Å². The summed E-state index contributed by atoms with van der Waals surface area (Å²) in [4.78, 5) is 30.8. The normalized spacial score (nSPS) is 16.2. The molecule has 1 aromatic heterocycles. The third-order valence-electron chi connectivity index (χ3n) is 7.23. The number of anilines is 1. The molecular formula is C29H45N5O4S. The average Bonchev–Trinajstić information content (AvgIpc) is 3.44. The first kappa shape index (κ1) is 30.8. The number of carboxylic acids is 1. The SMILES string of the molecule is CCCCCCCCC(CCCCCC)C1OCCCN1C(=O)NNc1nc(-c2cccc(C(=O)O)c2)ns1. The maximum Gasteiger partial charge on any atom is 0.338 e. The molecule has 0 radical (unpaired) electrons. The van der Waals surface area contributed by atoms with Crippen molar-refractivity contribution in [3.63, 3.8) is 0 Å². The lowest BCUT2D eigenvalue weighted by atomic mass is 9.91. The summed E-state index contributed by atoms with van der Waals surface area (Å²) in [5, 5.41) is 9.67. The molecule has 0 saturated carbocycles. The van der Waals surface area contributed by atoms with Crippen LogP contribution in [0.3, 0.4) is 0 Å². The Hall–Kier alpha value is -2.72. The molecule has 9 nitrogen and oxygen atoms in total. The summed E-state index contributed by atoms with van der Waals surface area (Å²) in [6.45, 7) is 5.80. The van der Waals surface area contributed by atoms with Gasteiger partial charge in [-0.2, -0.15) is 9.36 Å². The van der Waals surface area contributed by atoms with Gasteiger partial charge in [0.05, 0.1) is 12.2 Å². The van der Waals surface area contributed by atoms with Crippen molar-refractivity contribution in [3.8, 4) is 11.4 Å². The number of carboxylic acid groups (broad SMARTS) is 1. The Kier molecular flexibility index (Phi) is 13.5. The van der Waals surface area contributed by atoms with Crippen LogP contribution in [0.5, 0.6) is 0 Å². The molecule has 0 spiro atoms. The van der Waals surface area contributed by atoms with E-state index in [0.717, 1.165) is 30.8 Å². The summed E-state index contributed by atoms with van der Waals surface area (Å²) in [6.07, 6.45) is 15.1. The fraction of sp³-hybridized carbons (Fsp3) is 0.655. The number of nitrogens with zero attached hydrogens (tertiary/aromatic N) is 3. The highest BCUT2D eigenvalue weighted by molar-refractivity contribution is 7.09. The first-order valence-corrected chi connectivity index (χ1v) is 15.4. The molecule has 3 N–H and O–H groups in total. The molecule has 1 fully saturated rings. The van der Waals surface area contributed by atoms with E-state index in [2.05, 4.69) is 34.1 Å². The number of rotatable bonds is 17. The van der Waals surface area contributed by atoms with Gasteiger partial charge in [-0.1, -0.05) is 90.2 Å². The predicted octanol–water partition coefficient (Wildman–Crippen LogP) is 7.33. The van der Waals surface area contributed by atoms with Crippen LogP contribution in [0.1, 0.15) is 108 Å². The van der Waals surface area contributed by atoms with Crippen molar-refractivity contribution in [2.45, 2.75) is 104 Å². The molecule has 1 saturated heterocycles. The summed E-state index contributed by atoms with van der Waals surface area (Å²) in [6, 6.07) is 6.25. The number of hydrogen-bond acceptors (Lipinski definition) is 7. The van der Waals surface area contributed by atoms with E-state index in [9.17, 15) is 14.7 Å². The second-order valence-electron chi connectivity index (χ2n) is 10.3. The largest absolute Gasteiger partial charge is 0.478 e. The van der Waals surface area contributed by atoms with Crippen molar-refractivity contribution in [1.82, 2.24) is 19.7 Å². The number of unbranched alkanes of at least 4 members (excludes halogenated alkanes) is 8. The number of hydrogen-bond donors (Lipinski definition) is 3. The minimum absolute atomic E-state index is 0.173. The van der Waals surface area contributed by atoms with Gasteiger partial charge in [-0.3, -0.25) is 10.3 Å². The van der Waals surface area contributed by atoms with E-state index in [1.54, 1.807) is 12.1 Å². The van der Waals surface area contributed by atoms with E-state index in [0.29, 0.717) is 35.6 Å². The topological polar surface area (TPSA) is 117 Å². The van der Waals surface area contributed by atoms with Crippen molar-refractivity contribution >= 4 is 28.7 Å². The summed E-state index contributed by atoms with van der Waals surface area (Å²) in [5.41, 5.74) is 6.46. The number of carbonyl (C=O) groups is 2. The highest BCUT2D eigenvalue weighted by Crippen LogP contribution is 2.29. The predicted molar refractivity (Wildman–Crippen MR) is 156 cm³/mol. The fourth-order valence-electron chi connectivity index (χ4n) is 5.08. The second kappa shape index (κ2) is 17.1. The van der Waals surface area contributed by atoms with E-state index in [1.807, 2.05) is 4.90 Å². The minimum atomic E-state index is -1.00. The molecule has 0 aliphatic carbocycles. The zero-order valence-corrected chi connectivity index (χ0v) is 24.3. The minimum Gasteiger partial charge on any atom is -0.478 e. The standard InChI is InChI=1S/C29H45N5O4S/c1-3-5-7-9-10-12-16-22(15-11-8-6-4-2)26-34(19-14-20-38-26)29(37)32-31-28-30-25(33-39-28)23-17-13-18-24(21-23)27(35)36/h13,17-18,21-22,26H,3-12,14-16,19-20H2,1-2H3,(H,32,37)(H,35,36)(H,30,31,33). The number of benzene rings is 1. The third-order valence-corrected chi connectivity index (χ3v) is 7.86. The van der Waals surface area contributed by atoms with E-state index in [-0.39, 0.29) is 17.8 Å². The highest BCUT2D eigenvalue weighted by Gasteiger charge is 2.33. The van der Waals surface area contributed by atoms with Gasteiger partial charge in [-0.05, 0) is 31.4 Å². The van der Waals surface area contributed by atoms with Gasteiger partial charge < -0.3 is 9.84 Å². The van der Waals surface area contributed by atoms with Crippen LogP contribution in [0.15, 0.2) is 24.3 Å². The molecule has 216 valence electrons. The summed E-state index contributed by atoms with van der Waals surface area (Å²) in [7, 11) is 0. The zero-order chi connectivity index (χ0) is 27.9. The van der Waals surface area contributed by atoms with Crippen LogP contribution in [0.2, 0.25) is 0 Å². The van der Waals surface area contributed by atoms with Gasteiger partial charge in [-0.15, -0.1) is 0 Å². The molecule has 2 aromatic rings. The number of carbonyl (C=O) groups excluding carboxylic acids is 1. The lowest BCUT2D eigenvalue weighted by Gasteiger charge is -2.40. The first-order valence-electron chi connectivity index (χ1n) is 14.6. The third kappa shape index (κ3) is 10.1. The van der Waals surface area contributed by atoms with E-state index >= 15 is 0 Å². The molecule has 10 heteroatoms. The van der Waals surface area contributed by atoms with Crippen molar-refractivity contribution in [2.24, 2.45) is 5.92 Å². The number of ether oxygens (including phenoxy) is 1. The summed E-state index contributed by atoms with van der Waals surface area (Å²) >= 11 is 1.11. The molecule has 1 aliphatic rings. The molecular weight excluding hydrogens is 514 g/mol. The number of urea groups is 1. The number of amides is 2. The summed E-state index contributed by atoms with van der Waals surface area (Å²) < 4.78 is 10.6. The lowest BCUT2D eigenvalue weighted by Crippen LogP contribution is -2.54. The molecule has 0 bridgehead atoms. The maximum absolute atomic E-state index is 13.3. The van der Waals surface area contributed by atoms with Gasteiger partial charge in [0, 0.05) is 29.6 Å². The molecule has 1 aromatic carbocycles. The molecule has 39 heavy (non-hydrogen) atoms. The zero-order valence-electron chi connectivity index (χ0n) is 23.5. The first-order chi connectivity index (χ1) is 19.0. The highest BCUT2D eigenvalue weighted by atomic mass is 32.1. The Morgan fingerprint density at radius 1 is 1.08 bits per heavy atom. The number of aromatic nitrogens is 2. The van der Waals surface area contributed by atoms with Crippen molar-refractivity contribution in [3.05, 3.63) is 29.8 Å². The fourth-order valence-corrected chi connectivity index (χ4v) is 5.62. The van der Waals surface area contributed by atoms with E-state index in [4.69, 9.17) is 4.74 Å². The smallest absolute Gasteiger partial charge is 0.338 e. The average molecular weight is 560 g/mol. The Labute approximate surface area is 236 Å². The van der Waals surface area contributed by atoms with Gasteiger partial charge >= 0.3 is 12.0 Å². The van der Waals surface area contributed by atoms with Crippen molar-refractivity contribution in [1.29, 1.82) is 0 Å². The molecule has 1 aliphatic heterocycles. The van der Waals surface area contributed by atoms with Gasteiger partial charge in [0.1, 0.15) is 6.23 Å². The van der Waals surface area contributed by atoms with Crippen molar-refractivity contribution < 1.29 is 19.4 Å². The molecule has 2 unspecified atom stereocenters. The number of hydrazine groups is 1.